The monoisotopic (exact) mass is 341 g/mol. The first-order chi connectivity index (χ1) is 11.0. The molecule has 0 bridgehead atoms. The van der Waals surface area contributed by atoms with Crippen LogP contribution in [0.2, 0.25) is 0 Å². The first-order valence-electron chi connectivity index (χ1n) is 8.11. The van der Waals surface area contributed by atoms with Crippen LogP contribution < -0.4 is 5.32 Å². The molecule has 1 atom stereocenters. The van der Waals surface area contributed by atoms with Gasteiger partial charge >= 0.3 is 0 Å². The van der Waals surface area contributed by atoms with Crippen molar-refractivity contribution in [3.05, 3.63) is 11.8 Å². The molecule has 1 unspecified atom stereocenters. The SMILES string of the molecule is Cc1cc(NC(=O)CN(CC2CCCCC2)C(=O)C(C)Cl)no1. The molecular weight excluding hydrogens is 318 g/mol. The Balaban J connectivity index is 1.95. The Morgan fingerprint density at radius 3 is 2.70 bits per heavy atom. The third-order valence-electron chi connectivity index (χ3n) is 4.09. The number of rotatable bonds is 6. The lowest BCUT2D eigenvalue weighted by molar-refractivity contribution is -0.134. The number of aryl methyl sites for hydroxylation is 1. The van der Waals surface area contributed by atoms with Gasteiger partial charge < -0.3 is 14.7 Å². The standard InChI is InChI=1S/C16H24ClN3O3/c1-11-8-14(19-23-11)18-15(21)10-20(16(22)12(2)17)9-13-6-4-3-5-7-13/h8,12-13H,3-7,9-10H2,1-2H3,(H,18,19,21). The summed E-state index contributed by atoms with van der Waals surface area (Å²) in [7, 11) is 0. The minimum absolute atomic E-state index is 0.0156. The van der Waals surface area contributed by atoms with Crippen LogP contribution in [0.5, 0.6) is 0 Å². The first kappa shape index (κ1) is 17.8. The van der Waals surface area contributed by atoms with Crippen molar-refractivity contribution in [1.29, 1.82) is 0 Å². The van der Waals surface area contributed by atoms with Gasteiger partial charge in [-0.15, -0.1) is 11.6 Å². The van der Waals surface area contributed by atoms with E-state index in [0.29, 0.717) is 24.0 Å². The summed E-state index contributed by atoms with van der Waals surface area (Å²) in [4.78, 5) is 26.0. The fourth-order valence-corrected chi connectivity index (χ4v) is 3.08. The summed E-state index contributed by atoms with van der Waals surface area (Å²) in [5.74, 6) is 0.926. The van der Waals surface area contributed by atoms with Crippen molar-refractivity contribution in [2.45, 2.75) is 51.3 Å². The van der Waals surface area contributed by atoms with Gasteiger partial charge in [0.1, 0.15) is 11.1 Å². The highest BCUT2D eigenvalue weighted by atomic mass is 35.5. The van der Waals surface area contributed by atoms with E-state index in [4.69, 9.17) is 16.1 Å². The summed E-state index contributed by atoms with van der Waals surface area (Å²) in [6.45, 7) is 3.95. The number of hydrogen-bond donors (Lipinski definition) is 1. The fraction of sp³-hybridized carbons (Fsp3) is 0.688. The highest BCUT2D eigenvalue weighted by molar-refractivity contribution is 6.30. The number of nitrogens with one attached hydrogen (secondary N) is 1. The van der Waals surface area contributed by atoms with E-state index in [9.17, 15) is 9.59 Å². The average Bonchev–Trinajstić information content (AvgIpc) is 2.91. The minimum Gasteiger partial charge on any atom is -0.360 e. The molecule has 0 aliphatic heterocycles. The third kappa shape index (κ3) is 5.53. The van der Waals surface area contributed by atoms with Crippen molar-refractivity contribution in [2.75, 3.05) is 18.4 Å². The summed E-state index contributed by atoms with van der Waals surface area (Å²) in [6, 6.07) is 1.63. The van der Waals surface area contributed by atoms with E-state index < -0.39 is 5.38 Å². The number of halogens is 1. The van der Waals surface area contributed by atoms with Crippen LogP contribution in [-0.2, 0) is 9.59 Å². The van der Waals surface area contributed by atoms with Crippen LogP contribution in [0.3, 0.4) is 0 Å². The van der Waals surface area contributed by atoms with Gasteiger partial charge in [0.2, 0.25) is 11.8 Å². The lowest BCUT2D eigenvalue weighted by Crippen LogP contribution is -2.44. The molecular formula is C16H24ClN3O3. The van der Waals surface area contributed by atoms with Crippen molar-refractivity contribution >= 4 is 29.2 Å². The highest BCUT2D eigenvalue weighted by Gasteiger charge is 2.25. The average molecular weight is 342 g/mol. The zero-order chi connectivity index (χ0) is 16.8. The normalized spacial score (nSPS) is 16.8. The number of hydrogen-bond acceptors (Lipinski definition) is 4. The number of carbonyl (C=O) groups excluding carboxylic acids is 2. The Labute approximate surface area is 141 Å². The third-order valence-corrected chi connectivity index (χ3v) is 4.27. The van der Waals surface area contributed by atoms with Crippen LogP contribution in [0.25, 0.3) is 0 Å². The predicted octanol–water partition coefficient (Wildman–Crippen LogP) is 2.96. The number of anilines is 1. The van der Waals surface area contributed by atoms with Gasteiger partial charge in [-0.3, -0.25) is 9.59 Å². The smallest absolute Gasteiger partial charge is 0.245 e. The van der Waals surface area contributed by atoms with E-state index in [1.54, 1.807) is 24.8 Å². The predicted molar refractivity (Wildman–Crippen MR) is 88.3 cm³/mol. The second-order valence-corrected chi connectivity index (χ2v) is 6.86. The summed E-state index contributed by atoms with van der Waals surface area (Å²) in [5.41, 5.74) is 0. The first-order valence-corrected chi connectivity index (χ1v) is 8.55. The summed E-state index contributed by atoms with van der Waals surface area (Å²) >= 11 is 5.94. The van der Waals surface area contributed by atoms with E-state index >= 15 is 0 Å². The summed E-state index contributed by atoms with van der Waals surface area (Å²) < 4.78 is 4.91. The molecule has 2 amide bonds. The Morgan fingerprint density at radius 1 is 1.43 bits per heavy atom. The Morgan fingerprint density at radius 2 is 2.13 bits per heavy atom. The topological polar surface area (TPSA) is 75.4 Å². The maximum absolute atomic E-state index is 12.3. The lowest BCUT2D eigenvalue weighted by atomic mass is 9.89. The van der Waals surface area contributed by atoms with Gasteiger partial charge in [-0.2, -0.15) is 0 Å². The van der Waals surface area contributed by atoms with Crippen LogP contribution in [-0.4, -0.2) is 40.3 Å². The van der Waals surface area contributed by atoms with E-state index in [2.05, 4.69) is 10.5 Å². The van der Waals surface area contributed by atoms with E-state index in [-0.39, 0.29) is 18.4 Å². The quantitative estimate of drug-likeness (QED) is 0.807. The van der Waals surface area contributed by atoms with Crippen molar-refractivity contribution in [2.24, 2.45) is 5.92 Å². The molecule has 1 saturated carbocycles. The van der Waals surface area contributed by atoms with Gasteiger partial charge in [0, 0.05) is 12.6 Å². The maximum Gasteiger partial charge on any atom is 0.245 e. The highest BCUT2D eigenvalue weighted by Crippen LogP contribution is 2.24. The number of alkyl halides is 1. The van der Waals surface area contributed by atoms with Crippen molar-refractivity contribution in [1.82, 2.24) is 10.1 Å². The van der Waals surface area contributed by atoms with Crippen LogP contribution in [0.1, 0.15) is 44.8 Å². The molecule has 1 aromatic rings. The molecule has 1 aliphatic rings. The molecule has 1 heterocycles. The van der Waals surface area contributed by atoms with Gasteiger partial charge in [-0.05, 0) is 32.6 Å². The molecule has 128 valence electrons. The molecule has 0 saturated heterocycles. The van der Waals surface area contributed by atoms with Crippen molar-refractivity contribution < 1.29 is 14.1 Å². The Bertz CT molecular complexity index is 538. The van der Waals surface area contributed by atoms with Crippen LogP contribution >= 0.6 is 11.6 Å². The maximum atomic E-state index is 12.3. The Kier molecular flexibility index (Phi) is 6.45. The van der Waals surface area contributed by atoms with Gasteiger partial charge in [0.15, 0.2) is 5.82 Å². The fourth-order valence-electron chi connectivity index (χ4n) is 2.95. The van der Waals surface area contributed by atoms with Gasteiger partial charge in [-0.25, -0.2) is 0 Å². The summed E-state index contributed by atoms with van der Waals surface area (Å²) in [6.07, 6.45) is 5.83. The van der Waals surface area contributed by atoms with Crippen LogP contribution in [0.4, 0.5) is 5.82 Å². The number of carbonyl (C=O) groups is 2. The Hall–Kier alpha value is -1.56. The number of aromatic nitrogens is 1. The van der Waals surface area contributed by atoms with E-state index in [1.807, 2.05) is 0 Å². The molecule has 1 fully saturated rings. The molecule has 1 aromatic heterocycles. The van der Waals surface area contributed by atoms with Crippen LogP contribution in [0, 0.1) is 12.8 Å². The molecule has 0 radical (unpaired) electrons. The zero-order valence-electron chi connectivity index (χ0n) is 13.7. The molecule has 1 aliphatic carbocycles. The molecule has 0 aromatic carbocycles. The van der Waals surface area contributed by atoms with E-state index in [0.717, 1.165) is 12.8 Å². The molecule has 23 heavy (non-hydrogen) atoms. The molecule has 2 rings (SSSR count). The van der Waals surface area contributed by atoms with Crippen molar-refractivity contribution in [3.63, 3.8) is 0 Å². The molecule has 1 N–H and O–H groups in total. The van der Waals surface area contributed by atoms with E-state index in [1.165, 1.54) is 19.3 Å². The number of amides is 2. The van der Waals surface area contributed by atoms with Crippen LogP contribution in [0.15, 0.2) is 10.6 Å². The van der Waals surface area contributed by atoms with Gasteiger partial charge in [0.05, 0.1) is 6.54 Å². The molecule has 0 spiro atoms. The molecule has 7 heteroatoms. The second-order valence-electron chi connectivity index (χ2n) is 6.21. The zero-order valence-corrected chi connectivity index (χ0v) is 14.4. The minimum atomic E-state index is -0.638. The van der Waals surface area contributed by atoms with Crippen molar-refractivity contribution in [3.8, 4) is 0 Å². The molecule has 6 nitrogen and oxygen atoms in total. The number of nitrogens with zero attached hydrogens (tertiary/aromatic N) is 2. The lowest BCUT2D eigenvalue weighted by Gasteiger charge is -2.30. The second kappa shape index (κ2) is 8.34. The summed E-state index contributed by atoms with van der Waals surface area (Å²) in [5, 5.41) is 5.73. The largest absolute Gasteiger partial charge is 0.360 e. The van der Waals surface area contributed by atoms with Gasteiger partial charge in [-0.1, -0.05) is 24.4 Å². The van der Waals surface area contributed by atoms with Gasteiger partial charge in [0.25, 0.3) is 0 Å².